The molecule has 0 fully saturated rings. The van der Waals surface area contributed by atoms with Crippen LogP contribution in [0.3, 0.4) is 0 Å². The molecule has 2 N–H and O–H groups in total. The first kappa shape index (κ1) is 17.2. The van der Waals surface area contributed by atoms with Crippen molar-refractivity contribution in [3.8, 4) is 5.75 Å². The van der Waals surface area contributed by atoms with Crippen LogP contribution in [0.2, 0.25) is 5.02 Å². The zero-order chi connectivity index (χ0) is 17.8. The maximum absolute atomic E-state index is 12.2. The van der Waals surface area contributed by atoms with Gasteiger partial charge in [-0.1, -0.05) is 31.4 Å². The second kappa shape index (κ2) is 7.53. The van der Waals surface area contributed by atoms with Gasteiger partial charge in [0.2, 0.25) is 5.95 Å². The fraction of sp³-hybridized carbons (Fsp3) is 0.278. The summed E-state index contributed by atoms with van der Waals surface area (Å²) < 4.78 is 1.68. The molecule has 3 rings (SSSR count). The van der Waals surface area contributed by atoms with E-state index in [0.29, 0.717) is 23.8 Å². The van der Waals surface area contributed by atoms with E-state index in [1.807, 2.05) is 0 Å². The monoisotopic (exact) mass is 358 g/mol. The van der Waals surface area contributed by atoms with Gasteiger partial charge in [-0.25, -0.2) is 4.98 Å². The third kappa shape index (κ3) is 3.91. The van der Waals surface area contributed by atoms with Crippen LogP contribution in [0, 0.1) is 0 Å². The lowest BCUT2D eigenvalue weighted by Gasteiger charge is -2.11. The highest BCUT2D eigenvalue weighted by atomic mass is 35.5. The summed E-state index contributed by atoms with van der Waals surface area (Å²) in [5, 5.41) is 13.6. The fourth-order valence-corrected chi connectivity index (χ4v) is 2.76. The van der Waals surface area contributed by atoms with Crippen LogP contribution in [0.15, 0.2) is 41.3 Å². The molecular weight excluding hydrogens is 340 g/mol. The number of pyridine rings is 1. The van der Waals surface area contributed by atoms with Crippen LogP contribution >= 0.6 is 11.6 Å². The number of fused-ring (bicyclic) bond motifs is 1. The summed E-state index contributed by atoms with van der Waals surface area (Å²) in [5.41, 5.74) is 1.19. The van der Waals surface area contributed by atoms with Crippen molar-refractivity contribution in [2.24, 2.45) is 0 Å². The lowest BCUT2D eigenvalue weighted by Crippen LogP contribution is -2.20. The number of unbranched alkanes of at least 4 members (excludes halogenated alkanes) is 2. The number of aryl methyl sites for hydroxylation is 1. The van der Waals surface area contributed by atoms with Gasteiger partial charge in [0, 0.05) is 29.9 Å². The van der Waals surface area contributed by atoms with Crippen LogP contribution in [0.4, 0.5) is 11.6 Å². The highest BCUT2D eigenvalue weighted by Crippen LogP contribution is 2.27. The van der Waals surface area contributed by atoms with Crippen molar-refractivity contribution in [1.29, 1.82) is 0 Å². The number of phenolic OH excluding ortho intramolecular Hbond substituents is 1. The van der Waals surface area contributed by atoms with Crippen LogP contribution in [-0.2, 0) is 6.54 Å². The molecule has 0 saturated carbocycles. The molecule has 0 aliphatic carbocycles. The zero-order valence-corrected chi connectivity index (χ0v) is 14.6. The van der Waals surface area contributed by atoms with Crippen LogP contribution < -0.4 is 10.9 Å². The number of phenols is 1. The molecule has 130 valence electrons. The predicted molar refractivity (Wildman–Crippen MR) is 99.7 cm³/mol. The van der Waals surface area contributed by atoms with E-state index in [2.05, 4.69) is 22.2 Å². The van der Waals surface area contributed by atoms with E-state index in [0.717, 1.165) is 24.6 Å². The van der Waals surface area contributed by atoms with Gasteiger partial charge < -0.3 is 10.4 Å². The van der Waals surface area contributed by atoms with Crippen molar-refractivity contribution in [1.82, 2.24) is 14.5 Å². The number of halogens is 1. The Hall–Kier alpha value is -2.60. The van der Waals surface area contributed by atoms with Crippen LogP contribution in [-0.4, -0.2) is 19.6 Å². The Kier molecular flexibility index (Phi) is 5.19. The zero-order valence-electron chi connectivity index (χ0n) is 13.9. The highest BCUT2D eigenvalue weighted by Gasteiger charge is 2.08. The molecule has 0 unspecified atom stereocenters. The molecule has 0 aliphatic heterocycles. The number of aromatic hydroxyl groups is 1. The predicted octanol–water partition coefficient (Wildman–Crippen LogP) is 4.08. The molecule has 0 spiro atoms. The molecule has 0 radical (unpaired) electrons. The molecule has 0 saturated heterocycles. The van der Waals surface area contributed by atoms with Gasteiger partial charge in [-0.2, -0.15) is 4.98 Å². The van der Waals surface area contributed by atoms with Gasteiger partial charge in [-0.3, -0.25) is 9.36 Å². The Morgan fingerprint density at radius 1 is 1.24 bits per heavy atom. The van der Waals surface area contributed by atoms with E-state index < -0.39 is 0 Å². The average Bonchev–Trinajstić information content (AvgIpc) is 2.60. The number of rotatable bonds is 6. The first-order valence-electron chi connectivity index (χ1n) is 8.20. The molecule has 1 aromatic carbocycles. The van der Waals surface area contributed by atoms with Crippen molar-refractivity contribution < 1.29 is 5.11 Å². The molecule has 2 heterocycles. The van der Waals surface area contributed by atoms with Gasteiger partial charge in [-0.15, -0.1) is 0 Å². The van der Waals surface area contributed by atoms with E-state index in [4.69, 9.17) is 11.6 Å². The summed E-state index contributed by atoms with van der Waals surface area (Å²) >= 11 is 5.92. The van der Waals surface area contributed by atoms with Crippen molar-refractivity contribution in [2.75, 3.05) is 5.32 Å². The summed E-state index contributed by atoms with van der Waals surface area (Å²) in [4.78, 5) is 21.0. The largest absolute Gasteiger partial charge is 0.506 e. The lowest BCUT2D eigenvalue weighted by atomic mass is 10.2. The summed E-state index contributed by atoms with van der Waals surface area (Å²) in [6.07, 6.45) is 4.76. The summed E-state index contributed by atoms with van der Waals surface area (Å²) in [6, 6.07) is 8.03. The van der Waals surface area contributed by atoms with Crippen molar-refractivity contribution >= 4 is 34.3 Å². The minimum atomic E-state index is -0.0686. The Bertz CT molecular complexity index is 955. The van der Waals surface area contributed by atoms with E-state index in [1.165, 1.54) is 6.07 Å². The topological polar surface area (TPSA) is 80.0 Å². The number of anilines is 2. The Morgan fingerprint density at radius 3 is 2.84 bits per heavy atom. The standard InChI is InChI=1S/C18H19ClN4O2/c1-2-3-4-9-23-16(25)8-5-12-11-20-18(22-17(12)23)21-13-6-7-15(24)14(19)10-13/h5-8,10-11,24H,2-4,9H2,1H3,(H,20,21,22). The van der Waals surface area contributed by atoms with E-state index in [-0.39, 0.29) is 16.3 Å². The molecule has 25 heavy (non-hydrogen) atoms. The maximum atomic E-state index is 12.2. The van der Waals surface area contributed by atoms with Gasteiger partial charge in [0.25, 0.3) is 5.56 Å². The summed E-state index contributed by atoms with van der Waals surface area (Å²) in [7, 11) is 0. The molecule has 0 bridgehead atoms. The number of hydrogen-bond acceptors (Lipinski definition) is 5. The summed E-state index contributed by atoms with van der Waals surface area (Å²) in [5.74, 6) is 0.375. The maximum Gasteiger partial charge on any atom is 0.252 e. The number of hydrogen-bond donors (Lipinski definition) is 2. The number of nitrogens with one attached hydrogen (secondary N) is 1. The average molecular weight is 359 g/mol. The van der Waals surface area contributed by atoms with Gasteiger partial charge >= 0.3 is 0 Å². The molecule has 0 aliphatic rings. The SMILES string of the molecule is CCCCCn1c(=O)ccc2cnc(Nc3ccc(O)c(Cl)c3)nc21. The first-order valence-corrected chi connectivity index (χ1v) is 8.58. The number of aromatic nitrogens is 3. The van der Waals surface area contributed by atoms with Crippen molar-refractivity contribution in [2.45, 2.75) is 32.7 Å². The number of nitrogens with zero attached hydrogens (tertiary/aromatic N) is 3. The molecular formula is C18H19ClN4O2. The van der Waals surface area contributed by atoms with Crippen LogP contribution in [0.5, 0.6) is 5.75 Å². The lowest BCUT2D eigenvalue weighted by molar-refractivity contribution is 0.475. The minimum absolute atomic E-state index is 0.0106. The first-order chi connectivity index (χ1) is 12.1. The fourth-order valence-electron chi connectivity index (χ4n) is 2.58. The molecule has 2 aromatic heterocycles. The Morgan fingerprint density at radius 2 is 2.08 bits per heavy atom. The van der Waals surface area contributed by atoms with Gasteiger partial charge in [0.15, 0.2) is 0 Å². The molecule has 0 amide bonds. The molecule has 3 aromatic rings. The van der Waals surface area contributed by atoms with Crippen LogP contribution in [0.25, 0.3) is 11.0 Å². The molecule has 0 atom stereocenters. The van der Waals surface area contributed by atoms with Gasteiger partial charge in [0.05, 0.1) is 5.02 Å². The van der Waals surface area contributed by atoms with E-state index in [9.17, 15) is 9.90 Å². The third-order valence-corrected chi connectivity index (χ3v) is 4.21. The Labute approximate surface area is 150 Å². The smallest absolute Gasteiger partial charge is 0.252 e. The molecule has 7 heteroatoms. The Balaban J connectivity index is 1.95. The van der Waals surface area contributed by atoms with E-state index >= 15 is 0 Å². The van der Waals surface area contributed by atoms with E-state index in [1.54, 1.807) is 35.0 Å². The van der Waals surface area contributed by atoms with Crippen molar-refractivity contribution in [3.05, 3.63) is 51.9 Å². The summed E-state index contributed by atoms with van der Waals surface area (Å²) in [6.45, 7) is 2.75. The highest BCUT2D eigenvalue weighted by molar-refractivity contribution is 6.32. The second-order valence-electron chi connectivity index (χ2n) is 5.79. The number of benzene rings is 1. The second-order valence-corrected chi connectivity index (χ2v) is 6.20. The minimum Gasteiger partial charge on any atom is -0.506 e. The van der Waals surface area contributed by atoms with Crippen molar-refractivity contribution in [3.63, 3.8) is 0 Å². The van der Waals surface area contributed by atoms with Gasteiger partial charge in [0.1, 0.15) is 11.4 Å². The van der Waals surface area contributed by atoms with Gasteiger partial charge in [-0.05, 0) is 30.7 Å². The molecule has 6 nitrogen and oxygen atoms in total. The van der Waals surface area contributed by atoms with Crippen LogP contribution in [0.1, 0.15) is 26.2 Å². The normalized spacial score (nSPS) is 11.0. The quantitative estimate of drug-likeness (QED) is 0.512. The third-order valence-electron chi connectivity index (χ3n) is 3.91.